The van der Waals surface area contributed by atoms with Gasteiger partial charge in [0.1, 0.15) is 0 Å². The van der Waals surface area contributed by atoms with E-state index in [2.05, 4.69) is 5.32 Å². The van der Waals surface area contributed by atoms with Crippen molar-refractivity contribution in [1.82, 2.24) is 5.32 Å². The molecule has 1 aromatic rings. The van der Waals surface area contributed by atoms with Gasteiger partial charge in [-0.2, -0.15) is 0 Å². The summed E-state index contributed by atoms with van der Waals surface area (Å²) in [6, 6.07) is 5.42. The van der Waals surface area contributed by atoms with Crippen LogP contribution in [0.1, 0.15) is 18.4 Å². The minimum atomic E-state index is -0.0672. The number of hydrogen-bond donors (Lipinski definition) is 1. The smallest absolute Gasteiger partial charge is 0.223 e. The minimum Gasteiger partial charge on any atom is -0.355 e. The third-order valence-corrected chi connectivity index (χ3v) is 3.54. The highest BCUT2D eigenvalue weighted by molar-refractivity contribution is 6.36. The lowest BCUT2D eigenvalue weighted by atomic mass is 9.90. The Balaban J connectivity index is 2.42. The van der Waals surface area contributed by atoms with Gasteiger partial charge in [-0.15, -0.1) is 0 Å². The average Bonchev–Trinajstić information content (AvgIpc) is 2.49. The van der Waals surface area contributed by atoms with Crippen LogP contribution in [0.4, 0.5) is 0 Å². The highest BCUT2D eigenvalue weighted by atomic mass is 35.5. The van der Waals surface area contributed by atoms with Gasteiger partial charge in [0.15, 0.2) is 0 Å². The van der Waals surface area contributed by atoms with Crippen LogP contribution >= 0.6 is 23.2 Å². The van der Waals surface area contributed by atoms with E-state index in [9.17, 15) is 4.79 Å². The van der Waals surface area contributed by atoms with Crippen LogP contribution in [0, 0.1) is 5.92 Å². The predicted octanol–water partition coefficient (Wildman–Crippen LogP) is 2.84. The normalized spacial score (nSPS) is 25.4. The van der Waals surface area contributed by atoms with Crippen molar-refractivity contribution in [2.75, 3.05) is 6.54 Å². The summed E-state index contributed by atoms with van der Waals surface area (Å²) in [5, 5.41) is 4.09. The molecule has 1 aromatic carbocycles. The quantitative estimate of drug-likeness (QED) is 0.808. The third-order valence-electron chi connectivity index (χ3n) is 2.88. The number of carbonyl (C=O) groups is 1. The van der Waals surface area contributed by atoms with Crippen LogP contribution in [0.3, 0.4) is 0 Å². The van der Waals surface area contributed by atoms with Crippen LogP contribution < -0.4 is 5.32 Å². The summed E-state index contributed by atoms with van der Waals surface area (Å²) in [5.41, 5.74) is 0.881. The largest absolute Gasteiger partial charge is 0.355 e. The molecule has 2 nitrogen and oxygen atoms in total. The van der Waals surface area contributed by atoms with Crippen molar-refractivity contribution in [3.8, 4) is 0 Å². The van der Waals surface area contributed by atoms with Gasteiger partial charge < -0.3 is 5.32 Å². The van der Waals surface area contributed by atoms with E-state index in [0.717, 1.165) is 5.56 Å². The maximum absolute atomic E-state index is 11.4. The summed E-state index contributed by atoms with van der Waals surface area (Å²) in [5.74, 6) is 0.0806. The van der Waals surface area contributed by atoms with E-state index in [-0.39, 0.29) is 17.7 Å². The first-order chi connectivity index (χ1) is 7.11. The fraction of sp³-hybridized carbons (Fsp3) is 0.364. The number of amides is 1. The van der Waals surface area contributed by atoms with Crippen LogP contribution in [-0.4, -0.2) is 12.5 Å². The fourth-order valence-corrected chi connectivity index (χ4v) is 2.63. The number of hydrogen-bond acceptors (Lipinski definition) is 1. The summed E-state index contributed by atoms with van der Waals surface area (Å²) < 4.78 is 0. The number of nitrogens with one attached hydrogen (secondary N) is 1. The van der Waals surface area contributed by atoms with Crippen molar-refractivity contribution in [3.63, 3.8) is 0 Å². The molecule has 0 saturated carbocycles. The molecule has 15 heavy (non-hydrogen) atoms. The predicted molar refractivity (Wildman–Crippen MR) is 61.4 cm³/mol. The van der Waals surface area contributed by atoms with Gasteiger partial charge in [0.2, 0.25) is 5.91 Å². The standard InChI is InChI=1S/C11H11Cl2NO/c1-6-7(5-14-11(6)15)10-8(12)3-2-4-9(10)13/h2-4,6-7H,5H2,1H3,(H,14,15). The molecule has 0 spiro atoms. The van der Waals surface area contributed by atoms with Crippen LogP contribution in [-0.2, 0) is 4.79 Å². The summed E-state index contributed by atoms with van der Waals surface area (Å²) in [4.78, 5) is 11.4. The van der Waals surface area contributed by atoms with Crippen molar-refractivity contribution in [2.45, 2.75) is 12.8 Å². The van der Waals surface area contributed by atoms with E-state index in [0.29, 0.717) is 16.6 Å². The highest BCUT2D eigenvalue weighted by Crippen LogP contribution is 2.37. The fourth-order valence-electron chi connectivity index (χ4n) is 1.95. The molecule has 1 saturated heterocycles. The second kappa shape index (κ2) is 4.03. The Hall–Kier alpha value is -0.730. The molecule has 1 aliphatic heterocycles. The first-order valence-corrected chi connectivity index (χ1v) is 5.58. The van der Waals surface area contributed by atoms with E-state index >= 15 is 0 Å². The Bertz CT molecular complexity index is 385. The maximum atomic E-state index is 11.4. The Morgan fingerprint density at radius 3 is 2.40 bits per heavy atom. The molecule has 1 N–H and O–H groups in total. The molecular weight excluding hydrogens is 233 g/mol. The van der Waals surface area contributed by atoms with Crippen LogP contribution in [0.2, 0.25) is 10.0 Å². The summed E-state index contributed by atoms with van der Waals surface area (Å²) >= 11 is 12.2. The molecule has 2 atom stereocenters. The SMILES string of the molecule is CC1C(=O)NCC1c1c(Cl)cccc1Cl. The minimum absolute atomic E-state index is 0.0657. The van der Waals surface area contributed by atoms with E-state index in [1.54, 1.807) is 12.1 Å². The zero-order valence-corrected chi connectivity index (χ0v) is 9.77. The molecule has 0 radical (unpaired) electrons. The number of benzene rings is 1. The van der Waals surface area contributed by atoms with Crippen molar-refractivity contribution in [3.05, 3.63) is 33.8 Å². The number of halogens is 2. The second-order valence-corrected chi connectivity index (χ2v) is 4.59. The maximum Gasteiger partial charge on any atom is 0.223 e. The topological polar surface area (TPSA) is 29.1 Å². The summed E-state index contributed by atoms with van der Waals surface area (Å²) in [6.07, 6.45) is 0. The Morgan fingerprint density at radius 1 is 1.33 bits per heavy atom. The van der Waals surface area contributed by atoms with Crippen molar-refractivity contribution in [2.24, 2.45) is 5.92 Å². The lowest BCUT2D eigenvalue weighted by molar-refractivity contribution is -0.122. The van der Waals surface area contributed by atoms with E-state index in [1.807, 2.05) is 13.0 Å². The zero-order chi connectivity index (χ0) is 11.0. The Kier molecular flexibility index (Phi) is 2.89. The van der Waals surface area contributed by atoms with E-state index in [1.165, 1.54) is 0 Å². The van der Waals surface area contributed by atoms with Gasteiger partial charge in [0, 0.05) is 28.4 Å². The Labute approximate surface area is 98.6 Å². The third kappa shape index (κ3) is 1.84. The van der Waals surface area contributed by atoms with Gasteiger partial charge >= 0.3 is 0 Å². The molecule has 0 bridgehead atoms. The number of rotatable bonds is 1. The molecule has 0 aliphatic carbocycles. The summed E-state index contributed by atoms with van der Waals surface area (Å²) in [6.45, 7) is 2.51. The molecule has 1 heterocycles. The molecule has 2 unspecified atom stereocenters. The van der Waals surface area contributed by atoms with Crippen molar-refractivity contribution < 1.29 is 4.79 Å². The molecule has 4 heteroatoms. The van der Waals surface area contributed by atoms with E-state index < -0.39 is 0 Å². The lowest BCUT2D eigenvalue weighted by Gasteiger charge is -2.16. The monoisotopic (exact) mass is 243 g/mol. The molecule has 80 valence electrons. The van der Waals surface area contributed by atoms with Gasteiger partial charge in [-0.25, -0.2) is 0 Å². The van der Waals surface area contributed by atoms with Crippen molar-refractivity contribution in [1.29, 1.82) is 0 Å². The van der Waals surface area contributed by atoms with Gasteiger partial charge in [0.25, 0.3) is 0 Å². The van der Waals surface area contributed by atoms with Crippen LogP contribution in [0.5, 0.6) is 0 Å². The molecular formula is C11H11Cl2NO. The summed E-state index contributed by atoms with van der Waals surface area (Å²) in [7, 11) is 0. The zero-order valence-electron chi connectivity index (χ0n) is 8.26. The van der Waals surface area contributed by atoms with Gasteiger partial charge in [-0.05, 0) is 17.7 Å². The molecule has 1 amide bonds. The lowest BCUT2D eigenvalue weighted by Crippen LogP contribution is -2.16. The molecule has 1 fully saturated rings. The second-order valence-electron chi connectivity index (χ2n) is 3.78. The molecule has 1 aliphatic rings. The first kappa shape index (κ1) is 10.8. The number of carbonyl (C=O) groups excluding carboxylic acids is 1. The average molecular weight is 244 g/mol. The first-order valence-electron chi connectivity index (χ1n) is 4.83. The van der Waals surface area contributed by atoms with Gasteiger partial charge in [-0.3, -0.25) is 4.79 Å². The van der Waals surface area contributed by atoms with Crippen molar-refractivity contribution >= 4 is 29.1 Å². The van der Waals surface area contributed by atoms with Crippen LogP contribution in [0.25, 0.3) is 0 Å². The van der Waals surface area contributed by atoms with Gasteiger partial charge in [0.05, 0.1) is 0 Å². The highest BCUT2D eigenvalue weighted by Gasteiger charge is 2.34. The Morgan fingerprint density at radius 2 is 1.93 bits per heavy atom. The van der Waals surface area contributed by atoms with Crippen LogP contribution in [0.15, 0.2) is 18.2 Å². The van der Waals surface area contributed by atoms with E-state index in [4.69, 9.17) is 23.2 Å². The van der Waals surface area contributed by atoms with Gasteiger partial charge in [-0.1, -0.05) is 36.2 Å². The molecule has 0 aromatic heterocycles. The molecule has 2 rings (SSSR count).